The van der Waals surface area contributed by atoms with Crippen LogP contribution in [0.25, 0.3) is 11.5 Å². The Bertz CT molecular complexity index is 601. The van der Waals surface area contributed by atoms with Crippen molar-refractivity contribution in [3.8, 4) is 11.5 Å². The molecule has 18 heavy (non-hydrogen) atoms. The summed E-state index contributed by atoms with van der Waals surface area (Å²) < 4.78 is 47.1. The average Bonchev–Trinajstić information content (AvgIpc) is 2.81. The van der Waals surface area contributed by atoms with Gasteiger partial charge in [-0.3, -0.25) is 0 Å². The number of furan rings is 1. The van der Waals surface area contributed by atoms with Crippen molar-refractivity contribution in [3.63, 3.8) is 0 Å². The van der Waals surface area contributed by atoms with Gasteiger partial charge >= 0.3 is 12.1 Å². The molecular weight excluding hydrogens is 323 g/mol. The number of alkyl halides is 3. The highest BCUT2D eigenvalue weighted by molar-refractivity contribution is 9.10. The topological polar surface area (TPSA) is 76.5 Å². The third-order valence-corrected chi connectivity index (χ3v) is 2.55. The van der Waals surface area contributed by atoms with Gasteiger partial charge in [0, 0.05) is 0 Å². The van der Waals surface area contributed by atoms with Gasteiger partial charge in [-0.05, 0) is 22.0 Å². The molecule has 9 heteroatoms. The van der Waals surface area contributed by atoms with Crippen LogP contribution in [-0.2, 0) is 6.18 Å². The molecule has 0 radical (unpaired) electrons. The molecule has 0 fully saturated rings. The summed E-state index contributed by atoms with van der Waals surface area (Å²) in [6.45, 7) is 0. The Morgan fingerprint density at radius 3 is 2.50 bits per heavy atom. The molecule has 0 spiro atoms. The van der Waals surface area contributed by atoms with Gasteiger partial charge in [0.1, 0.15) is 0 Å². The van der Waals surface area contributed by atoms with Crippen molar-refractivity contribution in [1.82, 2.24) is 4.98 Å². The van der Waals surface area contributed by atoms with Gasteiger partial charge in [0.2, 0.25) is 11.7 Å². The summed E-state index contributed by atoms with van der Waals surface area (Å²) in [6.07, 6.45) is -3.72. The maximum absolute atomic E-state index is 12.5. The van der Waals surface area contributed by atoms with Crippen molar-refractivity contribution < 1.29 is 31.9 Å². The molecule has 0 aliphatic carbocycles. The van der Waals surface area contributed by atoms with Crippen LogP contribution in [-0.4, -0.2) is 16.1 Å². The summed E-state index contributed by atoms with van der Waals surface area (Å²) in [5, 5.41) is 8.64. The first-order valence-electron chi connectivity index (χ1n) is 4.35. The average molecular weight is 326 g/mol. The Labute approximate surface area is 105 Å². The Morgan fingerprint density at radius 2 is 2.11 bits per heavy atom. The van der Waals surface area contributed by atoms with Gasteiger partial charge < -0.3 is 13.9 Å². The van der Waals surface area contributed by atoms with Crippen LogP contribution in [0.4, 0.5) is 13.2 Å². The summed E-state index contributed by atoms with van der Waals surface area (Å²) in [7, 11) is 0. The van der Waals surface area contributed by atoms with E-state index in [1.165, 1.54) is 12.3 Å². The van der Waals surface area contributed by atoms with Crippen LogP contribution in [0.3, 0.4) is 0 Å². The fourth-order valence-electron chi connectivity index (χ4n) is 1.22. The van der Waals surface area contributed by atoms with Crippen molar-refractivity contribution in [2.45, 2.75) is 6.18 Å². The molecule has 0 unspecified atom stereocenters. The molecule has 0 bridgehead atoms. The molecule has 2 aromatic heterocycles. The first-order chi connectivity index (χ1) is 8.30. The van der Waals surface area contributed by atoms with Crippen molar-refractivity contribution in [1.29, 1.82) is 0 Å². The normalized spacial score (nSPS) is 11.8. The minimum atomic E-state index is -4.91. The third kappa shape index (κ3) is 2.13. The predicted octanol–water partition coefficient (Wildman–Crippen LogP) is 3.41. The maximum atomic E-state index is 12.5. The molecule has 2 rings (SSSR count). The van der Waals surface area contributed by atoms with Gasteiger partial charge in [-0.25, -0.2) is 9.78 Å². The van der Waals surface area contributed by atoms with Crippen molar-refractivity contribution in [3.05, 3.63) is 28.5 Å². The summed E-state index contributed by atoms with van der Waals surface area (Å²) >= 11 is 2.93. The number of halogens is 4. The molecule has 2 heterocycles. The summed E-state index contributed by atoms with van der Waals surface area (Å²) in [4.78, 5) is 13.8. The Morgan fingerprint density at radius 1 is 1.44 bits per heavy atom. The third-order valence-electron chi connectivity index (χ3n) is 1.94. The van der Waals surface area contributed by atoms with E-state index in [2.05, 4.69) is 25.3 Å². The number of nitrogens with zero attached hydrogens (tertiary/aromatic N) is 1. The van der Waals surface area contributed by atoms with Crippen LogP contribution < -0.4 is 0 Å². The van der Waals surface area contributed by atoms with E-state index < -0.39 is 29.5 Å². The van der Waals surface area contributed by atoms with Crippen LogP contribution in [0.15, 0.2) is 25.8 Å². The van der Waals surface area contributed by atoms with Gasteiger partial charge in [-0.2, -0.15) is 13.2 Å². The lowest BCUT2D eigenvalue weighted by molar-refractivity contribution is -0.141. The highest BCUT2D eigenvalue weighted by Crippen LogP contribution is 2.36. The quantitative estimate of drug-likeness (QED) is 0.915. The van der Waals surface area contributed by atoms with Crippen molar-refractivity contribution >= 4 is 21.9 Å². The second-order valence-corrected chi connectivity index (χ2v) is 3.83. The van der Waals surface area contributed by atoms with Crippen LogP contribution in [0.1, 0.15) is 16.2 Å². The Kier molecular flexibility index (Phi) is 2.93. The molecular formula is C9H3BrF3NO4. The summed E-state index contributed by atoms with van der Waals surface area (Å²) in [5.41, 5.74) is -1.49. The van der Waals surface area contributed by atoms with E-state index in [0.717, 1.165) is 0 Å². The number of hydrogen-bond donors (Lipinski definition) is 1. The van der Waals surface area contributed by atoms with E-state index in [9.17, 15) is 18.0 Å². The van der Waals surface area contributed by atoms with Gasteiger partial charge in [0.25, 0.3) is 0 Å². The fraction of sp³-hybridized carbons (Fsp3) is 0.111. The number of hydrogen-bond acceptors (Lipinski definition) is 4. The monoisotopic (exact) mass is 325 g/mol. The number of oxazole rings is 1. The maximum Gasteiger partial charge on any atom is 0.437 e. The Hall–Kier alpha value is -1.77. The minimum Gasteiger partial charge on any atom is -0.475 e. The van der Waals surface area contributed by atoms with Crippen LogP contribution in [0.5, 0.6) is 0 Å². The second kappa shape index (κ2) is 4.16. The van der Waals surface area contributed by atoms with Gasteiger partial charge in [0.05, 0.1) is 11.8 Å². The van der Waals surface area contributed by atoms with Crippen molar-refractivity contribution in [2.24, 2.45) is 0 Å². The predicted molar refractivity (Wildman–Crippen MR) is 53.9 cm³/mol. The Balaban J connectivity index is 2.60. The zero-order valence-electron chi connectivity index (χ0n) is 8.29. The molecule has 0 aliphatic heterocycles. The largest absolute Gasteiger partial charge is 0.475 e. The smallest absolute Gasteiger partial charge is 0.437 e. The van der Waals surface area contributed by atoms with E-state index in [1.807, 2.05) is 0 Å². The SMILES string of the molecule is O=C(O)c1oc(-c2ccoc2Br)nc1C(F)(F)F. The minimum absolute atomic E-state index is 0.0907. The lowest BCUT2D eigenvalue weighted by Crippen LogP contribution is -2.11. The molecule has 5 nitrogen and oxygen atoms in total. The zero-order chi connectivity index (χ0) is 13.5. The highest BCUT2D eigenvalue weighted by Gasteiger charge is 2.41. The fourth-order valence-corrected chi connectivity index (χ4v) is 1.63. The number of rotatable bonds is 2. The van der Waals surface area contributed by atoms with Gasteiger partial charge in [-0.15, -0.1) is 0 Å². The summed E-state index contributed by atoms with van der Waals surface area (Å²) in [6, 6.07) is 1.29. The van der Waals surface area contributed by atoms with Crippen molar-refractivity contribution in [2.75, 3.05) is 0 Å². The van der Waals surface area contributed by atoms with Crippen LogP contribution in [0.2, 0.25) is 0 Å². The molecule has 0 saturated carbocycles. The number of carbonyl (C=O) groups is 1. The highest BCUT2D eigenvalue weighted by atomic mass is 79.9. The van der Waals surface area contributed by atoms with Crippen LogP contribution >= 0.6 is 15.9 Å². The number of aromatic nitrogens is 1. The standard InChI is InChI=1S/C9H3BrF3NO4/c10-6-3(1-2-17-6)7-14-5(9(11,12)13)4(18-7)8(15)16/h1-2H,(H,15,16). The molecule has 0 amide bonds. The summed E-state index contributed by atoms with van der Waals surface area (Å²) in [5.74, 6) is -3.59. The lowest BCUT2D eigenvalue weighted by atomic mass is 10.3. The first-order valence-corrected chi connectivity index (χ1v) is 5.14. The van der Waals surface area contributed by atoms with E-state index in [-0.39, 0.29) is 10.2 Å². The van der Waals surface area contributed by atoms with E-state index in [4.69, 9.17) is 9.52 Å². The molecule has 96 valence electrons. The molecule has 0 saturated heterocycles. The number of aromatic carboxylic acids is 1. The molecule has 2 aromatic rings. The molecule has 1 N–H and O–H groups in total. The van der Waals surface area contributed by atoms with E-state index in [1.54, 1.807) is 0 Å². The molecule has 0 atom stereocenters. The van der Waals surface area contributed by atoms with Gasteiger partial charge in [-0.1, -0.05) is 0 Å². The molecule has 0 aliphatic rings. The lowest BCUT2D eigenvalue weighted by Gasteiger charge is -2.00. The zero-order valence-corrected chi connectivity index (χ0v) is 9.87. The van der Waals surface area contributed by atoms with Gasteiger partial charge in [0.15, 0.2) is 10.4 Å². The van der Waals surface area contributed by atoms with Crippen LogP contribution in [0, 0.1) is 0 Å². The molecule has 0 aromatic carbocycles. The first kappa shape index (κ1) is 12.7. The number of carboxylic acid groups (broad SMARTS) is 1. The van der Waals surface area contributed by atoms with E-state index >= 15 is 0 Å². The van der Waals surface area contributed by atoms with E-state index in [0.29, 0.717) is 0 Å². The number of carboxylic acids is 1. The second-order valence-electron chi connectivity index (χ2n) is 3.11.